The van der Waals surface area contributed by atoms with Crippen molar-refractivity contribution in [1.29, 1.82) is 0 Å². The molecule has 5 nitrogen and oxygen atoms in total. The lowest BCUT2D eigenvalue weighted by molar-refractivity contribution is 0.131. The van der Waals surface area contributed by atoms with Crippen LogP contribution in [0.3, 0.4) is 0 Å². The highest BCUT2D eigenvalue weighted by Crippen LogP contribution is 2.50. The zero-order chi connectivity index (χ0) is 20.9. The number of thioether (sulfide) groups is 1. The SMILES string of the molecule is CCCN(C)C(=O)N1N=C(c2cccc(F)c2)SC1(CCCN)c1ccccc1. The number of urea groups is 1. The Hall–Kier alpha value is -2.38. The normalized spacial score (nSPS) is 18.6. The third kappa shape index (κ3) is 4.46. The van der Waals surface area contributed by atoms with Crippen molar-refractivity contribution in [2.75, 3.05) is 20.1 Å². The topological polar surface area (TPSA) is 61.9 Å². The highest BCUT2D eigenvalue weighted by atomic mass is 32.2. The molecule has 0 saturated heterocycles. The van der Waals surface area contributed by atoms with E-state index >= 15 is 0 Å². The number of amides is 2. The first-order valence-corrected chi connectivity index (χ1v) is 10.7. The molecule has 2 amide bonds. The maximum atomic E-state index is 13.9. The van der Waals surface area contributed by atoms with Gasteiger partial charge in [-0.1, -0.05) is 61.2 Å². The molecule has 1 heterocycles. The molecule has 2 N–H and O–H groups in total. The molecule has 2 aromatic carbocycles. The zero-order valence-corrected chi connectivity index (χ0v) is 17.7. The summed E-state index contributed by atoms with van der Waals surface area (Å²) in [5, 5.41) is 6.90. The molecule has 1 atom stereocenters. The Bertz CT molecular complexity index is 876. The van der Waals surface area contributed by atoms with E-state index in [1.54, 1.807) is 23.0 Å². The molecule has 0 aliphatic carbocycles. The molecule has 0 radical (unpaired) electrons. The number of hydrogen-bond donors (Lipinski definition) is 1. The fraction of sp³-hybridized carbons (Fsp3) is 0.364. The van der Waals surface area contributed by atoms with Crippen LogP contribution in [0.2, 0.25) is 0 Å². The van der Waals surface area contributed by atoms with E-state index in [4.69, 9.17) is 10.8 Å². The van der Waals surface area contributed by atoms with Crippen LogP contribution in [0.4, 0.5) is 9.18 Å². The summed E-state index contributed by atoms with van der Waals surface area (Å²) >= 11 is 1.49. The molecule has 0 saturated carbocycles. The Kier molecular flexibility index (Phi) is 6.92. The zero-order valence-electron chi connectivity index (χ0n) is 16.8. The maximum absolute atomic E-state index is 13.9. The first-order chi connectivity index (χ1) is 14.0. The lowest BCUT2D eigenvalue weighted by atomic mass is 10.0. The Morgan fingerprint density at radius 2 is 2.00 bits per heavy atom. The molecule has 0 fully saturated rings. The van der Waals surface area contributed by atoms with Gasteiger partial charge in [-0.3, -0.25) is 0 Å². The van der Waals surface area contributed by atoms with Crippen molar-refractivity contribution in [2.24, 2.45) is 10.8 Å². The minimum absolute atomic E-state index is 0.174. The monoisotopic (exact) mass is 414 g/mol. The van der Waals surface area contributed by atoms with Crippen LogP contribution in [0.1, 0.15) is 37.3 Å². The van der Waals surface area contributed by atoms with Crippen LogP contribution < -0.4 is 5.73 Å². The molecule has 0 spiro atoms. The Morgan fingerprint density at radius 1 is 1.24 bits per heavy atom. The third-order valence-electron chi connectivity index (χ3n) is 4.88. The predicted octanol–water partition coefficient (Wildman–Crippen LogP) is 4.59. The summed E-state index contributed by atoms with van der Waals surface area (Å²) in [7, 11) is 1.78. The van der Waals surface area contributed by atoms with Gasteiger partial charge in [-0.2, -0.15) is 10.1 Å². The quantitative estimate of drug-likeness (QED) is 0.721. The maximum Gasteiger partial charge on any atom is 0.341 e. The van der Waals surface area contributed by atoms with Gasteiger partial charge in [0.15, 0.2) is 0 Å². The second kappa shape index (κ2) is 9.41. The number of halogens is 1. The van der Waals surface area contributed by atoms with Gasteiger partial charge in [0.05, 0.1) is 0 Å². The van der Waals surface area contributed by atoms with Gasteiger partial charge in [0.1, 0.15) is 15.7 Å². The molecule has 29 heavy (non-hydrogen) atoms. The van der Waals surface area contributed by atoms with E-state index in [-0.39, 0.29) is 11.8 Å². The molecule has 7 heteroatoms. The smallest absolute Gasteiger partial charge is 0.330 e. The van der Waals surface area contributed by atoms with E-state index in [1.165, 1.54) is 23.9 Å². The van der Waals surface area contributed by atoms with Gasteiger partial charge < -0.3 is 10.6 Å². The van der Waals surface area contributed by atoms with Crippen molar-refractivity contribution in [3.05, 3.63) is 71.5 Å². The second-order valence-corrected chi connectivity index (χ2v) is 8.34. The van der Waals surface area contributed by atoms with Gasteiger partial charge in [-0.05, 0) is 43.5 Å². The van der Waals surface area contributed by atoms with Gasteiger partial charge in [-0.15, -0.1) is 0 Å². The Morgan fingerprint density at radius 3 is 2.66 bits per heavy atom. The summed E-state index contributed by atoms with van der Waals surface area (Å²) in [4.78, 5) is 14.3. The standard InChI is InChI=1S/C22H27FN4OS/c1-3-15-26(2)21(28)27-22(13-8-14-24,18-10-5-4-6-11-18)29-20(25-27)17-9-7-12-19(23)16-17/h4-7,9-12,16H,3,8,13-15,24H2,1-2H3. The first-order valence-electron chi connectivity index (χ1n) is 9.86. The average Bonchev–Trinajstić information content (AvgIpc) is 3.13. The number of nitrogens with zero attached hydrogens (tertiary/aromatic N) is 3. The first kappa shape index (κ1) is 21.3. The molecule has 0 bridgehead atoms. The van der Waals surface area contributed by atoms with Gasteiger partial charge in [0.25, 0.3) is 0 Å². The molecule has 1 aliphatic heterocycles. The summed E-state index contributed by atoms with van der Waals surface area (Å²) in [6, 6.07) is 16.0. The van der Waals surface area contributed by atoms with Crippen LogP contribution in [0.15, 0.2) is 59.7 Å². The van der Waals surface area contributed by atoms with E-state index in [0.717, 1.165) is 18.4 Å². The summed E-state index contributed by atoms with van der Waals surface area (Å²) in [6.07, 6.45) is 2.23. The number of carbonyl (C=O) groups excluding carboxylic acids is 1. The minimum atomic E-state index is -0.721. The highest BCUT2D eigenvalue weighted by Gasteiger charge is 2.49. The van der Waals surface area contributed by atoms with Gasteiger partial charge >= 0.3 is 6.03 Å². The van der Waals surface area contributed by atoms with Crippen molar-refractivity contribution < 1.29 is 9.18 Å². The molecular weight excluding hydrogens is 387 g/mol. The lowest BCUT2D eigenvalue weighted by Crippen LogP contribution is -2.47. The van der Waals surface area contributed by atoms with E-state index in [0.29, 0.717) is 30.1 Å². The number of carbonyl (C=O) groups is 1. The predicted molar refractivity (Wildman–Crippen MR) is 117 cm³/mol. The van der Waals surface area contributed by atoms with Crippen LogP contribution in [0.5, 0.6) is 0 Å². The summed E-state index contributed by atoms with van der Waals surface area (Å²) in [5.74, 6) is -0.328. The van der Waals surface area contributed by atoms with Gasteiger partial charge in [0, 0.05) is 19.2 Å². The molecule has 2 aromatic rings. The third-order valence-corrected chi connectivity index (χ3v) is 6.34. The molecule has 0 aromatic heterocycles. The van der Waals surface area contributed by atoms with E-state index < -0.39 is 4.87 Å². The van der Waals surface area contributed by atoms with Crippen molar-refractivity contribution in [2.45, 2.75) is 31.1 Å². The second-order valence-electron chi connectivity index (χ2n) is 7.08. The molecule has 3 rings (SSSR count). The van der Waals surface area contributed by atoms with E-state index in [9.17, 15) is 9.18 Å². The van der Waals surface area contributed by atoms with Crippen LogP contribution in [0.25, 0.3) is 0 Å². The van der Waals surface area contributed by atoms with Crippen molar-refractivity contribution in [3.63, 3.8) is 0 Å². The fourth-order valence-corrected chi connectivity index (χ4v) is 4.84. The molecule has 154 valence electrons. The van der Waals surface area contributed by atoms with Crippen molar-refractivity contribution in [3.8, 4) is 0 Å². The molecule has 1 aliphatic rings. The number of hydrogen-bond acceptors (Lipinski definition) is 4. The van der Waals surface area contributed by atoms with Crippen LogP contribution in [-0.2, 0) is 4.87 Å². The average molecular weight is 415 g/mol. The number of benzene rings is 2. The molecule has 1 unspecified atom stereocenters. The van der Waals surface area contributed by atoms with Gasteiger partial charge in [-0.25, -0.2) is 9.18 Å². The summed E-state index contributed by atoms with van der Waals surface area (Å²) in [6.45, 7) is 3.17. The van der Waals surface area contributed by atoms with E-state index in [1.807, 2.05) is 43.3 Å². The summed E-state index contributed by atoms with van der Waals surface area (Å²) < 4.78 is 13.9. The van der Waals surface area contributed by atoms with Crippen LogP contribution >= 0.6 is 11.8 Å². The molecular formula is C22H27FN4OS. The number of rotatable bonds is 7. The Balaban J connectivity index is 2.10. The fourth-order valence-electron chi connectivity index (χ4n) is 3.45. The number of nitrogens with two attached hydrogens (primary N) is 1. The highest BCUT2D eigenvalue weighted by molar-refractivity contribution is 8.15. The largest absolute Gasteiger partial charge is 0.341 e. The minimum Gasteiger partial charge on any atom is -0.330 e. The summed E-state index contributed by atoms with van der Waals surface area (Å²) in [5.41, 5.74) is 7.47. The van der Waals surface area contributed by atoms with Crippen molar-refractivity contribution in [1.82, 2.24) is 9.91 Å². The number of hydrazone groups is 1. The van der Waals surface area contributed by atoms with Crippen molar-refractivity contribution >= 4 is 22.8 Å². The van der Waals surface area contributed by atoms with E-state index in [2.05, 4.69) is 0 Å². The lowest BCUT2D eigenvalue weighted by Gasteiger charge is -2.37. The Labute approximate surface area is 175 Å². The van der Waals surface area contributed by atoms with Gasteiger partial charge in [0.2, 0.25) is 0 Å². The van der Waals surface area contributed by atoms with Crippen LogP contribution in [-0.4, -0.2) is 41.1 Å². The van der Waals surface area contributed by atoms with Crippen LogP contribution in [0, 0.1) is 5.82 Å².